The predicted octanol–water partition coefficient (Wildman–Crippen LogP) is 1.22. The van der Waals surface area contributed by atoms with E-state index in [0.29, 0.717) is 0 Å². The van der Waals surface area contributed by atoms with Crippen molar-refractivity contribution in [1.82, 2.24) is 4.72 Å². The van der Waals surface area contributed by atoms with Crippen LogP contribution in [0.4, 0.5) is 0 Å². The summed E-state index contributed by atoms with van der Waals surface area (Å²) in [4.78, 5) is 10.8. The molecule has 0 saturated carbocycles. The number of carboxylic acid groups (broad SMARTS) is 1. The quantitative estimate of drug-likeness (QED) is 0.702. The van der Waals surface area contributed by atoms with Crippen LogP contribution < -0.4 is 4.72 Å². The highest BCUT2D eigenvalue weighted by atomic mass is 32.2. The number of ether oxygens (including phenoxy) is 1. The van der Waals surface area contributed by atoms with Gasteiger partial charge in [0.25, 0.3) is 0 Å². The highest BCUT2D eigenvalue weighted by Crippen LogP contribution is 2.22. The van der Waals surface area contributed by atoms with Gasteiger partial charge in [0.15, 0.2) is 0 Å². The second-order valence-electron chi connectivity index (χ2n) is 5.87. The van der Waals surface area contributed by atoms with Crippen LogP contribution in [0.25, 0.3) is 0 Å². The van der Waals surface area contributed by atoms with E-state index in [1.807, 2.05) is 13.8 Å². The lowest BCUT2D eigenvalue weighted by Gasteiger charge is -2.30. The Hall–Kier alpha value is -0.660. The van der Waals surface area contributed by atoms with E-state index in [0.717, 1.165) is 0 Å². The smallest absolute Gasteiger partial charge is 0.304 e. The lowest BCUT2D eigenvalue weighted by Crippen LogP contribution is -2.46. The number of aliphatic carboxylic acids is 1. The van der Waals surface area contributed by atoms with Gasteiger partial charge in [-0.2, -0.15) is 0 Å². The molecule has 1 atom stereocenters. The fourth-order valence-electron chi connectivity index (χ4n) is 1.37. The maximum Gasteiger partial charge on any atom is 0.304 e. The molecule has 0 fully saturated rings. The molecule has 0 bridgehead atoms. The number of sulfonamides is 1. The van der Waals surface area contributed by atoms with E-state index in [9.17, 15) is 13.2 Å². The van der Waals surface area contributed by atoms with E-state index in [2.05, 4.69) is 4.72 Å². The molecule has 0 saturated heterocycles. The lowest BCUT2D eigenvalue weighted by atomic mass is 9.85. The zero-order chi connectivity index (χ0) is 15.3. The number of carbonyl (C=O) groups is 1. The first kappa shape index (κ1) is 18.3. The van der Waals surface area contributed by atoms with Gasteiger partial charge < -0.3 is 9.84 Å². The zero-order valence-electron chi connectivity index (χ0n) is 12.3. The number of rotatable bonds is 8. The van der Waals surface area contributed by atoms with E-state index in [-0.39, 0.29) is 24.9 Å². The second-order valence-corrected chi connectivity index (χ2v) is 7.75. The minimum absolute atomic E-state index is 0.0346. The van der Waals surface area contributed by atoms with Gasteiger partial charge >= 0.3 is 5.97 Å². The maximum atomic E-state index is 11.9. The van der Waals surface area contributed by atoms with Crippen LogP contribution in [-0.4, -0.2) is 44.0 Å². The molecular weight excluding hydrogens is 270 g/mol. The van der Waals surface area contributed by atoms with Crippen LogP contribution in [0.3, 0.4) is 0 Å². The predicted molar refractivity (Wildman–Crippen MR) is 73.5 cm³/mol. The number of carboxylic acids is 1. The van der Waals surface area contributed by atoms with Crippen molar-refractivity contribution in [1.29, 1.82) is 0 Å². The van der Waals surface area contributed by atoms with Crippen molar-refractivity contribution in [2.24, 2.45) is 5.41 Å². The van der Waals surface area contributed by atoms with Crippen LogP contribution in [0, 0.1) is 5.41 Å². The summed E-state index contributed by atoms with van der Waals surface area (Å²) in [5, 5.41) is 8.83. The number of hydrogen-bond donors (Lipinski definition) is 2. The second kappa shape index (κ2) is 7.21. The fraction of sp³-hybridized carbons (Fsp3) is 0.917. The van der Waals surface area contributed by atoms with Crippen molar-refractivity contribution in [3.8, 4) is 0 Å². The SMILES string of the molecule is CC(C)OCCS(=O)(=O)NC(CC(=O)O)C(C)(C)C. The summed E-state index contributed by atoms with van der Waals surface area (Å²) in [5.41, 5.74) is -0.468. The molecular formula is C12H25NO5S. The third kappa shape index (κ3) is 8.96. The maximum absolute atomic E-state index is 11.9. The van der Waals surface area contributed by atoms with E-state index in [1.165, 1.54) is 0 Å². The molecule has 0 aliphatic rings. The van der Waals surface area contributed by atoms with Gasteiger partial charge in [-0.15, -0.1) is 0 Å². The van der Waals surface area contributed by atoms with E-state index >= 15 is 0 Å². The molecule has 0 aromatic heterocycles. The molecule has 6 nitrogen and oxygen atoms in total. The van der Waals surface area contributed by atoms with E-state index in [4.69, 9.17) is 9.84 Å². The van der Waals surface area contributed by atoms with Crippen molar-refractivity contribution in [3.05, 3.63) is 0 Å². The molecule has 0 aliphatic carbocycles. The monoisotopic (exact) mass is 295 g/mol. The average Bonchev–Trinajstić information content (AvgIpc) is 2.12. The third-order valence-corrected chi connectivity index (χ3v) is 3.90. The summed E-state index contributed by atoms with van der Waals surface area (Å²) in [7, 11) is -3.54. The van der Waals surface area contributed by atoms with Crippen LogP contribution in [-0.2, 0) is 19.6 Å². The van der Waals surface area contributed by atoms with Crippen molar-refractivity contribution in [2.75, 3.05) is 12.4 Å². The van der Waals surface area contributed by atoms with Gasteiger partial charge in [-0.3, -0.25) is 4.79 Å². The highest BCUT2D eigenvalue weighted by Gasteiger charge is 2.30. The Labute approximate surface area is 115 Å². The summed E-state index contributed by atoms with van der Waals surface area (Å²) in [6.07, 6.45) is -0.277. The average molecular weight is 295 g/mol. The van der Waals surface area contributed by atoms with Crippen molar-refractivity contribution in [2.45, 2.75) is 53.2 Å². The molecule has 0 radical (unpaired) electrons. The van der Waals surface area contributed by atoms with Gasteiger partial charge in [0, 0.05) is 6.04 Å². The Morgan fingerprint density at radius 1 is 1.32 bits per heavy atom. The van der Waals surface area contributed by atoms with Gasteiger partial charge in [0.2, 0.25) is 10.0 Å². The summed E-state index contributed by atoms with van der Waals surface area (Å²) in [5.74, 6) is -1.20. The van der Waals surface area contributed by atoms with Gasteiger partial charge in [-0.1, -0.05) is 20.8 Å². The molecule has 0 aromatic rings. The van der Waals surface area contributed by atoms with Gasteiger partial charge in [0.05, 0.1) is 24.9 Å². The van der Waals surface area contributed by atoms with E-state index < -0.39 is 27.4 Å². The molecule has 7 heteroatoms. The zero-order valence-corrected chi connectivity index (χ0v) is 13.1. The normalized spacial score (nSPS) is 14.6. The first-order chi connectivity index (χ1) is 8.44. The Balaban J connectivity index is 4.60. The Kier molecular flexibility index (Phi) is 6.96. The standard InChI is InChI=1S/C12H25NO5S/c1-9(2)18-6-7-19(16,17)13-10(8-11(14)15)12(3,4)5/h9-10,13H,6-8H2,1-5H3,(H,14,15). The van der Waals surface area contributed by atoms with Crippen LogP contribution in [0.2, 0.25) is 0 Å². The van der Waals surface area contributed by atoms with Crippen LogP contribution in [0.5, 0.6) is 0 Å². The molecule has 0 spiro atoms. The minimum atomic E-state index is -3.54. The van der Waals surface area contributed by atoms with Gasteiger partial charge in [-0.05, 0) is 19.3 Å². The molecule has 1 unspecified atom stereocenters. The third-order valence-electron chi connectivity index (χ3n) is 2.55. The molecule has 0 aromatic carbocycles. The molecule has 0 heterocycles. The molecule has 2 N–H and O–H groups in total. The molecule has 0 amide bonds. The topological polar surface area (TPSA) is 92.7 Å². The summed E-state index contributed by atoms with van der Waals surface area (Å²) in [6.45, 7) is 9.14. The van der Waals surface area contributed by atoms with E-state index in [1.54, 1.807) is 20.8 Å². The Morgan fingerprint density at radius 3 is 2.21 bits per heavy atom. The number of hydrogen-bond acceptors (Lipinski definition) is 4. The highest BCUT2D eigenvalue weighted by molar-refractivity contribution is 7.89. The van der Waals surface area contributed by atoms with Crippen molar-refractivity contribution < 1.29 is 23.1 Å². The first-order valence-electron chi connectivity index (χ1n) is 6.27. The fourth-order valence-corrected chi connectivity index (χ4v) is 2.67. The molecule has 0 rings (SSSR count). The van der Waals surface area contributed by atoms with Crippen LogP contribution in [0.15, 0.2) is 0 Å². The molecule has 114 valence electrons. The summed E-state index contributed by atoms with van der Waals surface area (Å²) in [6, 6.07) is -0.644. The summed E-state index contributed by atoms with van der Waals surface area (Å²) >= 11 is 0. The Bertz CT molecular complexity index is 383. The largest absolute Gasteiger partial charge is 0.481 e. The minimum Gasteiger partial charge on any atom is -0.481 e. The molecule has 19 heavy (non-hydrogen) atoms. The van der Waals surface area contributed by atoms with Gasteiger partial charge in [-0.25, -0.2) is 13.1 Å². The molecule has 0 aliphatic heterocycles. The van der Waals surface area contributed by atoms with Crippen molar-refractivity contribution in [3.63, 3.8) is 0 Å². The lowest BCUT2D eigenvalue weighted by molar-refractivity contribution is -0.138. The summed E-state index contributed by atoms with van der Waals surface area (Å²) < 4.78 is 31.4. The van der Waals surface area contributed by atoms with Crippen LogP contribution in [0.1, 0.15) is 41.0 Å². The number of nitrogens with one attached hydrogen (secondary N) is 1. The van der Waals surface area contributed by atoms with Gasteiger partial charge in [0.1, 0.15) is 0 Å². The van der Waals surface area contributed by atoms with Crippen molar-refractivity contribution >= 4 is 16.0 Å². The Morgan fingerprint density at radius 2 is 1.84 bits per heavy atom. The first-order valence-corrected chi connectivity index (χ1v) is 7.92. The van der Waals surface area contributed by atoms with Crippen LogP contribution >= 0.6 is 0 Å².